The van der Waals surface area contributed by atoms with Crippen molar-refractivity contribution in [2.75, 3.05) is 19.5 Å². The number of anilines is 1. The molecule has 2 aromatic rings. The quantitative estimate of drug-likeness (QED) is 0.837. The van der Waals surface area contributed by atoms with Crippen molar-refractivity contribution < 1.29 is 13.9 Å². The van der Waals surface area contributed by atoms with Crippen LogP contribution in [0.2, 0.25) is 4.47 Å². The minimum atomic E-state index is -0.561. The van der Waals surface area contributed by atoms with E-state index in [2.05, 4.69) is 26.2 Å². The number of halogens is 3. The maximum atomic E-state index is 14.2. The van der Waals surface area contributed by atoms with E-state index in [1.807, 2.05) is 0 Å². The molecule has 0 aliphatic rings. The van der Waals surface area contributed by atoms with Gasteiger partial charge in [-0.3, -0.25) is 0 Å². The molecule has 1 aromatic carbocycles. The van der Waals surface area contributed by atoms with Crippen LogP contribution < -0.4 is 14.8 Å². The topological polar surface area (TPSA) is 43.4 Å². The molecule has 1 aromatic heterocycles. The Balaban J connectivity index is 2.27. The Morgan fingerprint density at radius 2 is 2.10 bits per heavy atom. The summed E-state index contributed by atoms with van der Waals surface area (Å²) in [6.07, 6.45) is 1.67. The number of rotatable bonds is 5. The van der Waals surface area contributed by atoms with E-state index in [-0.39, 0.29) is 11.5 Å². The summed E-state index contributed by atoms with van der Waals surface area (Å²) in [5.74, 6) is -0.358. The highest BCUT2D eigenvalue weighted by Gasteiger charge is 2.18. The minimum absolute atomic E-state index is 0.0978. The Labute approximate surface area is 133 Å². The zero-order chi connectivity index (χ0) is 14.7. The lowest BCUT2D eigenvalue weighted by atomic mass is 10.2. The van der Waals surface area contributed by atoms with Gasteiger partial charge in [0.2, 0.25) is 5.82 Å². The first-order chi connectivity index (χ1) is 9.56. The van der Waals surface area contributed by atoms with Gasteiger partial charge in [0.25, 0.3) is 0 Å². The van der Waals surface area contributed by atoms with Gasteiger partial charge in [-0.1, -0.05) is 11.6 Å². The second-order valence-electron chi connectivity index (χ2n) is 3.72. The second kappa shape index (κ2) is 6.60. The van der Waals surface area contributed by atoms with Gasteiger partial charge in [0.15, 0.2) is 16.0 Å². The normalized spacial score (nSPS) is 10.4. The standard InChI is InChI=1S/C12H11BrClFN2O2S/c1-18-10-7(13)3-8(11(19-2)9(10)15)16-4-6-5-17-12(14)20-6/h3,5,16H,4H2,1-2H3. The highest BCUT2D eigenvalue weighted by atomic mass is 79.9. The summed E-state index contributed by atoms with van der Waals surface area (Å²) in [5, 5.41) is 3.09. The molecule has 0 bridgehead atoms. The summed E-state index contributed by atoms with van der Waals surface area (Å²) in [6, 6.07) is 1.70. The molecular weight excluding hydrogens is 371 g/mol. The first kappa shape index (κ1) is 15.3. The average molecular weight is 382 g/mol. The monoisotopic (exact) mass is 380 g/mol. The van der Waals surface area contributed by atoms with Gasteiger partial charge in [0.05, 0.1) is 30.9 Å². The number of hydrogen-bond donors (Lipinski definition) is 1. The molecule has 0 radical (unpaired) electrons. The maximum absolute atomic E-state index is 14.2. The number of ether oxygens (including phenoxy) is 2. The zero-order valence-electron chi connectivity index (χ0n) is 10.7. The Morgan fingerprint density at radius 3 is 2.65 bits per heavy atom. The van der Waals surface area contributed by atoms with Crippen molar-refractivity contribution >= 4 is 44.6 Å². The number of aromatic nitrogens is 1. The largest absolute Gasteiger partial charge is 0.492 e. The molecule has 0 amide bonds. The van der Waals surface area contributed by atoms with Crippen molar-refractivity contribution in [3.05, 3.63) is 31.9 Å². The van der Waals surface area contributed by atoms with Gasteiger partial charge in [0.1, 0.15) is 0 Å². The molecule has 1 heterocycles. The van der Waals surface area contributed by atoms with E-state index < -0.39 is 5.82 Å². The van der Waals surface area contributed by atoms with E-state index >= 15 is 0 Å². The Kier molecular flexibility index (Phi) is 5.06. The van der Waals surface area contributed by atoms with Crippen LogP contribution >= 0.6 is 38.9 Å². The molecule has 0 saturated carbocycles. The molecule has 20 heavy (non-hydrogen) atoms. The summed E-state index contributed by atoms with van der Waals surface area (Å²) in [6.45, 7) is 0.471. The highest BCUT2D eigenvalue weighted by molar-refractivity contribution is 9.10. The number of nitrogens with one attached hydrogen (secondary N) is 1. The molecule has 0 saturated heterocycles. The molecule has 0 unspecified atom stereocenters. The molecule has 0 aliphatic heterocycles. The van der Waals surface area contributed by atoms with Crippen LogP contribution in [0.1, 0.15) is 4.88 Å². The molecule has 108 valence electrons. The maximum Gasteiger partial charge on any atom is 0.210 e. The van der Waals surface area contributed by atoms with E-state index in [9.17, 15) is 4.39 Å². The number of methoxy groups -OCH3 is 2. The molecule has 2 rings (SSSR count). The Morgan fingerprint density at radius 1 is 1.40 bits per heavy atom. The van der Waals surface area contributed by atoms with Crippen molar-refractivity contribution in [3.63, 3.8) is 0 Å². The second-order valence-corrected chi connectivity index (χ2v) is 6.27. The molecule has 0 fully saturated rings. The van der Waals surface area contributed by atoms with E-state index in [1.54, 1.807) is 12.3 Å². The van der Waals surface area contributed by atoms with Gasteiger partial charge in [-0.15, -0.1) is 11.3 Å². The molecule has 1 N–H and O–H groups in total. The first-order valence-corrected chi connectivity index (χ1v) is 7.49. The summed E-state index contributed by atoms with van der Waals surface area (Å²) in [5.41, 5.74) is 0.516. The van der Waals surface area contributed by atoms with E-state index in [4.69, 9.17) is 21.1 Å². The van der Waals surface area contributed by atoms with Gasteiger partial charge >= 0.3 is 0 Å². The van der Waals surface area contributed by atoms with Crippen LogP contribution in [0.3, 0.4) is 0 Å². The lowest BCUT2D eigenvalue weighted by Gasteiger charge is -2.14. The van der Waals surface area contributed by atoms with Crippen LogP contribution in [0.5, 0.6) is 11.5 Å². The first-order valence-electron chi connectivity index (χ1n) is 5.50. The molecule has 8 heteroatoms. The SMILES string of the molecule is COc1c(Br)cc(NCc2cnc(Cl)s2)c(OC)c1F. The molecule has 0 spiro atoms. The van der Waals surface area contributed by atoms with Crippen LogP contribution in [-0.4, -0.2) is 19.2 Å². The van der Waals surface area contributed by atoms with E-state index in [1.165, 1.54) is 25.6 Å². The third-order valence-electron chi connectivity index (χ3n) is 2.52. The zero-order valence-corrected chi connectivity index (χ0v) is 13.8. The number of thiazole rings is 1. The molecule has 4 nitrogen and oxygen atoms in total. The third-order valence-corrected chi connectivity index (χ3v) is 4.22. The van der Waals surface area contributed by atoms with Crippen molar-refractivity contribution in [1.82, 2.24) is 4.98 Å². The predicted octanol–water partition coefficient (Wildman–Crippen LogP) is 4.33. The summed E-state index contributed by atoms with van der Waals surface area (Å²) in [4.78, 5) is 4.88. The summed E-state index contributed by atoms with van der Waals surface area (Å²) < 4.78 is 25.2. The highest BCUT2D eigenvalue weighted by Crippen LogP contribution is 2.40. The molecular formula is C12H11BrClFN2O2S. The van der Waals surface area contributed by atoms with Crippen molar-refractivity contribution in [3.8, 4) is 11.5 Å². The fourth-order valence-electron chi connectivity index (χ4n) is 1.65. The third kappa shape index (κ3) is 3.16. The van der Waals surface area contributed by atoms with Crippen LogP contribution in [0.25, 0.3) is 0 Å². The Hall–Kier alpha value is -1.05. The predicted molar refractivity (Wildman–Crippen MR) is 81.7 cm³/mol. The Bertz CT molecular complexity index is 624. The van der Waals surface area contributed by atoms with Crippen molar-refractivity contribution in [1.29, 1.82) is 0 Å². The summed E-state index contributed by atoms with van der Waals surface area (Å²) in [7, 11) is 2.80. The lowest BCUT2D eigenvalue weighted by molar-refractivity contribution is 0.350. The fraction of sp³-hybridized carbons (Fsp3) is 0.250. The van der Waals surface area contributed by atoms with E-state index in [0.29, 0.717) is 21.2 Å². The lowest BCUT2D eigenvalue weighted by Crippen LogP contribution is -2.03. The molecule has 0 aliphatic carbocycles. The minimum Gasteiger partial charge on any atom is -0.492 e. The van der Waals surface area contributed by atoms with Gasteiger partial charge < -0.3 is 14.8 Å². The van der Waals surface area contributed by atoms with Crippen molar-refractivity contribution in [2.24, 2.45) is 0 Å². The number of benzene rings is 1. The van der Waals surface area contributed by atoms with Crippen LogP contribution in [-0.2, 0) is 6.54 Å². The fourth-order valence-corrected chi connectivity index (χ4v) is 3.13. The average Bonchev–Trinajstić information content (AvgIpc) is 2.82. The van der Waals surface area contributed by atoms with Gasteiger partial charge in [-0.05, 0) is 22.0 Å². The van der Waals surface area contributed by atoms with Gasteiger partial charge in [-0.25, -0.2) is 4.98 Å². The summed E-state index contributed by atoms with van der Waals surface area (Å²) >= 11 is 10.4. The van der Waals surface area contributed by atoms with Crippen LogP contribution in [0.4, 0.5) is 10.1 Å². The van der Waals surface area contributed by atoms with Crippen LogP contribution in [0.15, 0.2) is 16.7 Å². The van der Waals surface area contributed by atoms with E-state index in [0.717, 1.165) is 4.88 Å². The molecule has 0 atom stereocenters. The smallest absolute Gasteiger partial charge is 0.210 e. The van der Waals surface area contributed by atoms with Gasteiger partial charge in [0, 0.05) is 11.1 Å². The van der Waals surface area contributed by atoms with Crippen LogP contribution in [0, 0.1) is 5.82 Å². The van der Waals surface area contributed by atoms with Gasteiger partial charge in [-0.2, -0.15) is 4.39 Å². The number of hydrogen-bond acceptors (Lipinski definition) is 5. The van der Waals surface area contributed by atoms with Crippen molar-refractivity contribution in [2.45, 2.75) is 6.54 Å². The number of nitrogens with zero attached hydrogens (tertiary/aromatic N) is 1.